The molecule has 1 amide bonds. The molecule has 6 nitrogen and oxygen atoms in total. The zero-order valence-corrected chi connectivity index (χ0v) is 18.0. The summed E-state index contributed by atoms with van der Waals surface area (Å²) in [7, 11) is 0. The Kier molecular flexibility index (Phi) is 6.08. The third kappa shape index (κ3) is 5.16. The van der Waals surface area contributed by atoms with E-state index in [0.29, 0.717) is 23.4 Å². The first kappa shape index (κ1) is 20.7. The number of nitrogens with zero attached hydrogens (tertiary/aromatic N) is 4. The van der Waals surface area contributed by atoms with E-state index in [2.05, 4.69) is 29.1 Å². The average molecular weight is 436 g/mol. The summed E-state index contributed by atoms with van der Waals surface area (Å²) in [5.41, 5.74) is 2.86. The van der Waals surface area contributed by atoms with E-state index < -0.39 is 0 Å². The second-order valence-electron chi connectivity index (χ2n) is 7.36. The Morgan fingerprint density at radius 2 is 2.06 bits per heavy atom. The number of rotatable bonds is 7. The number of carbonyl (C=O) groups excluding carboxylic acids is 1. The van der Waals surface area contributed by atoms with Crippen molar-refractivity contribution in [1.29, 1.82) is 0 Å². The zero-order chi connectivity index (χ0) is 21.8. The van der Waals surface area contributed by atoms with Crippen LogP contribution in [-0.2, 0) is 6.54 Å². The first-order valence-corrected chi connectivity index (χ1v) is 10.7. The number of nitrogens with one attached hydrogen (secondary N) is 1. The summed E-state index contributed by atoms with van der Waals surface area (Å²) in [6.07, 6.45) is 9.33. The summed E-state index contributed by atoms with van der Waals surface area (Å²) in [6.45, 7) is 4.60. The van der Waals surface area contributed by atoms with Gasteiger partial charge in [-0.15, -0.1) is 11.3 Å². The maximum Gasteiger partial charge on any atom is 0.274 e. The van der Waals surface area contributed by atoms with Gasteiger partial charge in [0.05, 0.1) is 17.7 Å². The molecule has 3 aromatic heterocycles. The van der Waals surface area contributed by atoms with Gasteiger partial charge in [-0.2, -0.15) is 0 Å². The summed E-state index contributed by atoms with van der Waals surface area (Å²) >= 11 is 1.35. The number of aromatic nitrogens is 4. The van der Waals surface area contributed by atoms with E-state index in [9.17, 15) is 9.18 Å². The number of benzene rings is 1. The van der Waals surface area contributed by atoms with Crippen molar-refractivity contribution in [3.8, 4) is 0 Å². The molecule has 1 N–H and O–H groups in total. The lowest BCUT2D eigenvalue weighted by Crippen LogP contribution is -2.17. The lowest BCUT2D eigenvalue weighted by Gasteiger charge is -2.09. The van der Waals surface area contributed by atoms with E-state index in [1.165, 1.54) is 23.5 Å². The van der Waals surface area contributed by atoms with E-state index in [0.717, 1.165) is 17.0 Å². The van der Waals surface area contributed by atoms with E-state index in [1.54, 1.807) is 35.3 Å². The third-order valence-corrected chi connectivity index (χ3v) is 5.47. The standard InChI is InChI=1S/C23H22FN5OS/c1-16(2)29-13-19(25-15-29)8-9-20-14-31-23(26-20)27-22(30)21-7-4-10-28(21)12-17-5-3-6-18(24)11-17/h3-11,13-16H,12H2,1-2H3,(H,26,27,30)/b9-8+. The predicted octanol–water partition coefficient (Wildman–Crippen LogP) is 5.33. The van der Waals surface area contributed by atoms with Gasteiger partial charge in [0.1, 0.15) is 11.5 Å². The largest absolute Gasteiger partial charge is 0.339 e. The minimum absolute atomic E-state index is 0.262. The van der Waals surface area contributed by atoms with Gasteiger partial charge in [-0.25, -0.2) is 14.4 Å². The summed E-state index contributed by atoms with van der Waals surface area (Å²) in [5.74, 6) is -0.558. The Morgan fingerprint density at radius 3 is 2.84 bits per heavy atom. The van der Waals surface area contributed by atoms with Crippen molar-refractivity contribution in [2.45, 2.75) is 26.4 Å². The first-order valence-electron chi connectivity index (χ1n) is 9.86. The molecule has 3 heterocycles. The Hall–Kier alpha value is -3.52. The molecule has 4 rings (SSSR count). The number of halogens is 1. The van der Waals surface area contributed by atoms with Crippen molar-refractivity contribution in [2.75, 3.05) is 5.32 Å². The molecular weight excluding hydrogens is 413 g/mol. The Labute approximate surface area is 183 Å². The molecule has 0 radical (unpaired) electrons. The van der Waals surface area contributed by atoms with E-state index in [1.807, 2.05) is 34.4 Å². The van der Waals surface area contributed by atoms with Gasteiger partial charge in [0.15, 0.2) is 5.13 Å². The third-order valence-electron chi connectivity index (χ3n) is 4.69. The highest BCUT2D eigenvalue weighted by molar-refractivity contribution is 7.14. The molecule has 31 heavy (non-hydrogen) atoms. The summed E-state index contributed by atoms with van der Waals surface area (Å²) < 4.78 is 17.3. The van der Waals surface area contributed by atoms with Crippen LogP contribution in [-0.4, -0.2) is 25.0 Å². The Morgan fingerprint density at radius 1 is 1.23 bits per heavy atom. The van der Waals surface area contributed by atoms with Crippen LogP contribution < -0.4 is 5.32 Å². The molecule has 0 bridgehead atoms. The molecule has 0 fully saturated rings. The van der Waals surface area contributed by atoms with Crippen LogP contribution in [0, 0.1) is 5.82 Å². The second-order valence-corrected chi connectivity index (χ2v) is 8.21. The molecule has 4 aromatic rings. The van der Waals surface area contributed by atoms with Crippen molar-refractivity contribution >= 4 is 34.5 Å². The number of thiazole rings is 1. The van der Waals surface area contributed by atoms with Gasteiger partial charge in [-0.05, 0) is 55.8 Å². The van der Waals surface area contributed by atoms with E-state index >= 15 is 0 Å². The maximum atomic E-state index is 13.4. The van der Waals surface area contributed by atoms with E-state index in [4.69, 9.17) is 0 Å². The van der Waals surface area contributed by atoms with Crippen LogP contribution >= 0.6 is 11.3 Å². The van der Waals surface area contributed by atoms with Gasteiger partial charge in [0, 0.05) is 30.4 Å². The molecule has 0 spiro atoms. The van der Waals surface area contributed by atoms with Crippen LogP contribution in [0.4, 0.5) is 9.52 Å². The van der Waals surface area contributed by atoms with Crippen molar-refractivity contribution in [1.82, 2.24) is 19.1 Å². The average Bonchev–Trinajstić information content (AvgIpc) is 3.47. The van der Waals surface area contributed by atoms with Gasteiger partial charge in [0.25, 0.3) is 5.91 Å². The number of anilines is 1. The fourth-order valence-corrected chi connectivity index (χ4v) is 3.74. The molecule has 0 aliphatic heterocycles. The van der Waals surface area contributed by atoms with Crippen LogP contribution in [0.3, 0.4) is 0 Å². The summed E-state index contributed by atoms with van der Waals surface area (Å²) in [6, 6.07) is 10.2. The number of hydrogen-bond acceptors (Lipinski definition) is 4. The fraction of sp³-hybridized carbons (Fsp3) is 0.174. The molecule has 0 atom stereocenters. The van der Waals surface area contributed by atoms with Gasteiger partial charge in [-0.3, -0.25) is 10.1 Å². The molecule has 8 heteroatoms. The minimum atomic E-state index is -0.296. The summed E-state index contributed by atoms with van der Waals surface area (Å²) in [5, 5.41) is 5.22. The molecule has 0 saturated heterocycles. The predicted molar refractivity (Wildman–Crippen MR) is 122 cm³/mol. The highest BCUT2D eigenvalue weighted by atomic mass is 32.1. The zero-order valence-electron chi connectivity index (χ0n) is 17.2. The summed E-state index contributed by atoms with van der Waals surface area (Å²) in [4.78, 5) is 21.5. The number of hydrogen-bond donors (Lipinski definition) is 1. The lowest BCUT2D eigenvalue weighted by molar-refractivity contribution is 0.101. The van der Waals surface area contributed by atoms with Crippen LogP contribution in [0.5, 0.6) is 0 Å². The molecule has 1 aromatic carbocycles. The molecule has 0 aliphatic carbocycles. The Balaban J connectivity index is 1.41. The topological polar surface area (TPSA) is 64.7 Å². The smallest absolute Gasteiger partial charge is 0.274 e. The van der Waals surface area contributed by atoms with Crippen molar-refractivity contribution in [3.05, 3.63) is 89.0 Å². The van der Waals surface area contributed by atoms with Gasteiger partial charge >= 0.3 is 0 Å². The highest BCUT2D eigenvalue weighted by Gasteiger charge is 2.13. The monoisotopic (exact) mass is 435 g/mol. The minimum Gasteiger partial charge on any atom is -0.339 e. The first-order chi connectivity index (χ1) is 15.0. The van der Waals surface area contributed by atoms with Crippen molar-refractivity contribution in [3.63, 3.8) is 0 Å². The van der Waals surface area contributed by atoms with Gasteiger partial charge < -0.3 is 9.13 Å². The van der Waals surface area contributed by atoms with Crippen LogP contribution in [0.15, 0.2) is 60.5 Å². The van der Waals surface area contributed by atoms with Crippen LogP contribution in [0.1, 0.15) is 47.3 Å². The molecule has 0 aliphatic rings. The number of carbonyl (C=O) groups is 1. The maximum absolute atomic E-state index is 13.4. The lowest BCUT2D eigenvalue weighted by atomic mass is 10.2. The molecule has 158 valence electrons. The van der Waals surface area contributed by atoms with E-state index in [-0.39, 0.29) is 11.7 Å². The molecule has 0 saturated carbocycles. The molecule has 0 unspecified atom stereocenters. The van der Waals surface area contributed by atoms with Crippen molar-refractivity contribution in [2.24, 2.45) is 0 Å². The van der Waals surface area contributed by atoms with Gasteiger partial charge in [-0.1, -0.05) is 12.1 Å². The van der Waals surface area contributed by atoms with Crippen LogP contribution in [0.2, 0.25) is 0 Å². The quantitative estimate of drug-likeness (QED) is 0.427. The molecular formula is C23H22FN5OS. The van der Waals surface area contributed by atoms with Crippen molar-refractivity contribution < 1.29 is 9.18 Å². The fourth-order valence-electron chi connectivity index (χ4n) is 3.06. The second kappa shape index (κ2) is 9.09. The highest BCUT2D eigenvalue weighted by Crippen LogP contribution is 2.19. The number of amides is 1. The van der Waals surface area contributed by atoms with Gasteiger partial charge in [0.2, 0.25) is 0 Å². The number of imidazole rings is 1. The SMILES string of the molecule is CC(C)n1cnc(/C=C/c2csc(NC(=O)c3cccn3Cc3cccc(F)c3)n2)c1. The Bertz CT molecular complexity index is 1220. The normalized spacial score (nSPS) is 11.5. The van der Waals surface area contributed by atoms with Crippen LogP contribution in [0.25, 0.3) is 12.2 Å².